The Morgan fingerprint density at radius 2 is 1.85 bits per heavy atom. The van der Waals surface area contributed by atoms with E-state index in [0.717, 1.165) is 12.8 Å². The maximum Gasteiger partial charge on any atom is 0.243 e. The van der Waals surface area contributed by atoms with Gasteiger partial charge in [-0.3, -0.25) is 9.59 Å². The highest BCUT2D eigenvalue weighted by Gasteiger charge is 2.36. The first-order chi connectivity index (χ1) is 15.3. The minimum absolute atomic E-state index is 0.0210. The Morgan fingerprint density at radius 1 is 1.21 bits per heavy atom. The molecule has 2 rings (SSSR count). The van der Waals surface area contributed by atoms with E-state index < -0.39 is 34.1 Å². The standard InChI is InChI=1S/C23H37N3O6S/c1-16(2)21(22(28)25-23(3,4)5)26(15-18-8-7-13-32-18)20(27)14-24-33(29,30)19-11-9-17(31-6)10-12-19/h9-12,16,18,21,24H,7-8,13-15H2,1-6H3,(H,25,28)/t18-,21+/m0/s1. The normalized spacial score (nSPS) is 17.6. The Balaban J connectivity index is 2.22. The van der Waals surface area contributed by atoms with Crippen molar-refractivity contribution < 1.29 is 27.5 Å². The molecule has 1 aromatic carbocycles. The number of carbonyl (C=O) groups excluding carboxylic acids is 2. The van der Waals surface area contributed by atoms with Crippen molar-refractivity contribution in [2.45, 2.75) is 70.0 Å². The number of sulfonamides is 1. The zero-order valence-electron chi connectivity index (χ0n) is 20.4. The van der Waals surface area contributed by atoms with Crippen molar-refractivity contribution in [3.63, 3.8) is 0 Å². The molecule has 1 heterocycles. The van der Waals surface area contributed by atoms with Crippen molar-refractivity contribution in [2.75, 3.05) is 26.8 Å². The molecule has 33 heavy (non-hydrogen) atoms. The van der Waals surface area contributed by atoms with E-state index in [1.54, 1.807) is 0 Å². The SMILES string of the molecule is COc1ccc(S(=O)(=O)NCC(=O)N(C[C@@H]2CCCO2)[C@@H](C(=O)NC(C)(C)C)C(C)C)cc1. The minimum atomic E-state index is -3.92. The van der Waals surface area contributed by atoms with Gasteiger partial charge >= 0.3 is 0 Å². The average molecular weight is 484 g/mol. The number of rotatable bonds is 10. The number of carbonyl (C=O) groups is 2. The van der Waals surface area contributed by atoms with Gasteiger partial charge in [0.25, 0.3) is 0 Å². The van der Waals surface area contributed by atoms with Crippen LogP contribution in [0.1, 0.15) is 47.5 Å². The van der Waals surface area contributed by atoms with Crippen LogP contribution < -0.4 is 14.8 Å². The number of methoxy groups -OCH3 is 1. The molecule has 10 heteroatoms. The van der Waals surface area contributed by atoms with Crippen LogP contribution in [0, 0.1) is 5.92 Å². The lowest BCUT2D eigenvalue weighted by molar-refractivity contribution is -0.143. The second-order valence-corrected chi connectivity index (χ2v) is 11.4. The highest BCUT2D eigenvalue weighted by atomic mass is 32.2. The molecule has 1 aromatic rings. The summed E-state index contributed by atoms with van der Waals surface area (Å²) in [4.78, 5) is 27.9. The van der Waals surface area contributed by atoms with E-state index in [2.05, 4.69) is 10.0 Å². The van der Waals surface area contributed by atoms with Crippen LogP contribution in [0.3, 0.4) is 0 Å². The van der Waals surface area contributed by atoms with Gasteiger partial charge < -0.3 is 19.7 Å². The highest BCUT2D eigenvalue weighted by Crippen LogP contribution is 2.20. The van der Waals surface area contributed by atoms with Crippen LogP contribution in [0.5, 0.6) is 5.75 Å². The molecule has 1 aliphatic rings. The summed E-state index contributed by atoms with van der Waals surface area (Å²) in [7, 11) is -2.43. The lowest BCUT2D eigenvalue weighted by atomic mass is 9.98. The third-order valence-corrected chi connectivity index (χ3v) is 6.68. The Kier molecular flexibility index (Phi) is 9.28. The zero-order chi connectivity index (χ0) is 24.8. The third kappa shape index (κ3) is 7.97. The molecule has 1 fully saturated rings. The van der Waals surface area contributed by atoms with Gasteiger partial charge in [-0.05, 0) is 63.8 Å². The number of nitrogens with one attached hydrogen (secondary N) is 2. The Morgan fingerprint density at radius 3 is 2.33 bits per heavy atom. The van der Waals surface area contributed by atoms with E-state index in [9.17, 15) is 18.0 Å². The van der Waals surface area contributed by atoms with Gasteiger partial charge in [0.2, 0.25) is 21.8 Å². The zero-order valence-corrected chi connectivity index (χ0v) is 21.2. The number of nitrogens with zero attached hydrogens (tertiary/aromatic N) is 1. The number of hydrogen-bond donors (Lipinski definition) is 2. The summed E-state index contributed by atoms with van der Waals surface area (Å²) >= 11 is 0. The molecule has 0 aliphatic carbocycles. The Hall–Kier alpha value is -2.17. The Bertz CT molecular complexity index is 903. The van der Waals surface area contributed by atoms with Crippen molar-refractivity contribution in [2.24, 2.45) is 5.92 Å². The smallest absolute Gasteiger partial charge is 0.243 e. The lowest BCUT2D eigenvalue weighted by Gasteiger charge is -2.36. The molecule has 2 N–H and O–H groups in total. The van der Waals surface area contributed by atoms with Gasteiger partial charge in [-0.25, -0.2) is 13.1 Å². The number of ether oxygens (including phenoxy) is 2. The van der Waals surface area contributed by atoms with E-state index in [1.807, 2.05) is 34.6 Å². The molecule has 9 nitrogen and oxygen atoms in total. The summed E-state index contributed by atoms with van der Waals surface area (Å²) in [5.74, 6) is -0.416. The number of amides is 2. The van der Waals surface area contributed by atoms with Crippen LogP contribution >= 0.6 is 0 Å². The molecular formula is C23H37N3O6S. The first-order valence-electron chi connectivity index (χ1n) is 11.2. The van der Waals surface area contributed by atoms with Gasteiger partial charge in [0.1, 0.15) is 11.8 Å². The molecular weight excluding hydrogens is 446 g/mol. The van der Waals surface area contributed by atoms with E-state index in [-0.39, 0.29) is 29.4 Å². The minimum Gasteiger partial charge on any atom is -0.497 e. The molecule has 186 valence electrons. The van der Waals surface area contributed by atoms with Crippen molar-refractivity contribution >= 4 is 21.8 Å². The summed E-state index contributed by atoms with van der Waals surface area (Å²) in [6, 6.07) is 5.12. The first kappa shape index (κ1) is 27.1. The molecule has 0 aromatic heterocycles. The van der Waals surface area contributed by atoms with Gasteiger partial charge in [-0.2, -0.15) is 0 Å². The fourth-order valence-electron chi connectivity index (χ4n) is 3.72. The van der Waals surface area contributed by atoms with E-state index in [4.69, 9.17) is 9.47 Å². The van der Waals surface area contributed by atoms with Crippen LogP contribution in [0.2, 0.25) is 0 Å². The molecule has 2 amide bonds. The molecule has 0 bridgehead atoms. The van der Waals surface area contributed by atoms with Crippen LogP contribution in [-0.4, -0.2) is 69.6 Å². The van der Waals surface area contributed by atoms with Gasteiger partial charge in [0.05, 0.1) is 24.7 Å². The van der Waals surface area contributed by atoms with E-state index in [1.165, 1.54) is 36.3 Å². The first-order valence-corrected chi connectivity index (χ1v) is 12.7. The summed E-state index contributed by atoms with van der Waals surface area (Å²) in [6.45, 7) is 9.72. The summed E-state index contributed by atoms with van der Waals surface area (Å²) in [6.07, 6.45) is 1.49. The predicted molar refractivity (Wildman–Crippen MR) is 125 cm³/mol. The van der Waals surface area contributed by atoms with Crippen molar-refractivity contribution in [3.8, 4) is 5.75 Å². The molecule has 1 saturated heterocycles. The molecule has 2 atom stereocenters. The van der Waals surface area contributed by atoms with Crippen molar-refractivity contribution in [1.82, 2.24) is 14.9 Å². The quantitative estimate of drug-likeness (QED) is 0.526. The summed E-state index contributed by atoms with van der Waals surface area (Å²) in [5, 5.41) is 2.95. The fourth-order valence-corrected chi connectivity index (χ4v) is 4.70. The van der Waals surface area contributed by atoms with Gasteiger partial charge in [-0.15, -0.1) is 0 Å². The largest absolute Gasteiger partial charge is 0.497 e. The van der Waals surface area contributed by atoms with Gasteiger partial charge in [-0.1, -0.05) is 13.8 Å². The maximum atomic E-state index is 13.3. The predicted octanol–water partition coefficient (Wildman–Crippen LogP) is 1.92. The van der Waals surface area contributed by atoms with Crippen LogP contribution in [0.4, 0.5) is 0 Å². The molecule has 0 spiro atoms. The molecule has 0 radical (unpaired) electrons. The van der Waals surface area contributed by atoms with Crippen LogP contribution in [0.15, 0.2) is 29.2 Å². The van der Waals surface area contributed by atoms with Gasteiger partial charge in [0.15, 0.2) is 0 Å². The number of hydrogen-bond acceptors (Lipinski definition) is 6. The molecule has 0 saturated carbocycles. The topological polar surface area (TPSA) is 114 Å². The third-order valence-electron chi connectivity index (χ3n) is 5.26. The van der Waals surface area contributed by atoms with E-state index in [0.29, 0.717) is 12.4 Å². The second-order valence-electron chi connectivity index (χ2n) is 9.61. The van der Waals surface area contributed by atoms with Crippen LogP contribution in [0.25, 0.3) is 0 Å². The second kappa shape index (κ2) is 11.3. The van der Waals surface area contributed by atoms with E-state index >= 15 is 0 Å². The number of benzene rings is 1. The van der Waals surface area contributed by atoms with Crippen LogP contribution in [-0.2, 0) is 24.3 Å². The fraction of sp³-hybridized carbons (Fsp3) is 0.652. The van der Waals surface area contributed by atoms with Crippen molar-refractivity contribution in [1.29, 1.82) is 0 Å². The lowest BCUT2D eigenvalue weighted by Crippen LogP contribution is -2.58. The van der Waals surface area contributed by atoms with Crippen molar-refractivity contribution in [3.05, 3.63) is 24.3 Å². The van der Waals surface area contributed by atoms with Gasteiger partial charge in [0, 0.05) is 18.7 Å². The highest BCUT2D eigenvalue weighted by molar-refractivity contribution is 7.89. The molecule has 0 unspecified atom stereocenters. The maximum absolute atomic E-state index is 13.3. The summed E-state index contributed by atoms with van der Waals surface area (Å²) in [5.41, 5.74) is -0.473. The monoisotopic (exact) mass is 483 g/mol. The summed E-state index contributed by atoms with van der Waals surface area (Å²) < 4.78 is 38.5. The molecule has 1 aliphatic heterocycles. The average Bonchev–Trinajstić information content (AvgIpc) is 3.23. The Labute approximate surface area is 197 Å².